The Labute approximate surface area is 157 Å². The van der Waals surface area contributed by atoms with Gasteiger partial charge < -0.3 is 10.4 Å². The number of hydrogen-bond donors (Lipinski definition) is 2. The van der Waals surface area contributed by atoms with Crippen molar-refractivity contribution >= 4 is 29.3 Å². The average Bonchev–Trinajstić information content (AvgIpc) is 2.63. The van der Waals surface area contributed by atoms with Gasteiger partial charge in [0, 0.05) is 27.3 Å². The van der Waals surface area contributed by atoms with Gasteiger partial charge in [-0.15, -0.1) is 11.8 Å². The summed E-state index contributed by atoms with van der Waals surface area (Å²) in [4.78, 5) is 13.5. The number of aliphatic hydroxyl groups excluding tert-OH is 1. The lowest BCUT2D eigenvalue weighted by molar-refractivity contribution is 0.0867. The van der Waals surface area contributed by atoms with Crippen LogP contribution < -0.4 is 5.32 Å². The van der Waals surface area contributed by atoms with Gasteiger partial charge in [0.05, 0.1) is 6.10 Å². The molecule has 132 valence electrons. The van der Waals surface area contributed by atoms with Crippen LogP contribution in [0.25, 0.3) is 0 Å². The molecule has 0 radical (unpaired) electrons. The van der Waals surface area contributed by atoms with Crippen LogP contribution >= 0.6 is 23.4 Å². The lowest BCUT2D eigenvalue weighted by atomic mass is 9.93. The maximum atomic E-state index is 12.3. The number of rotatable bonds is 5. The van der Waals surface area contributed by atoms with Crippen molar-refractivity contribution in [3.8, 4) is 0 Å². The van der Waals surface area contributed by atoms with Gasteiger partial charge in [-0.2, -0.15) is 0 Å². The van der Waals surface area contributed by atoms with E-state index in [1.807, 2.05) is 48.5 Å². The molecule has 2 aromatic rings. The van der Waals surface area contributed by atoms with E-state index in [1.54, 1.807) is 11.8 Å². The summed E-state index contributed by atoms with van der Waals surface area (Å²) in [5.74, 6) is 0.822. The highest BCUT2D eigenvalue weighted by molar-refractivity contribution is 7.98. The van der Waals surface area contributed by atoms with Crippen LogP contribution in [-0.2, 0) is 5.75 Å². The Hall–Kier alpha value is -1.49. The second-order valence-electron chi connectivity index (χ2n) is 6.42. The van der Waals surface area contributed by atoms with Gasteiger partial charge in [-0.05, 0) is 67.6 Å². The van der Waals surface area contributed by atoms with E-state index < -0.39 is 0 Å². The fraction of sp³-hybridized carbons (Fsp3) is 0.350. The van der Waals surface area contributed by atoms with E-state index in [2.05, 4.69) is 5.32 Å². The van der Waals surface area contributed by atoms with E-state index in [1.165, 1.54) is 10.5 Å². The van der Waals surface area contributed by atoms with Crippen LogP contribution in [0, 0.1) is 0 Å². The molecule has 1 amide bonds. The second-order valence-corrected chi connectivity index (χ2v) is 7.90. The molecule has 1 aliphatic rings. The first-order valence-electron chi connectivity index (χ1n) is 8.56. The number of amides is 1. The summed E-state index contributed by atoms with van der Waals surface area (Å²) in [5.41, 5.74) is 1.86. The Bertz CT molecular complexity index is 695. The molecule has 0 saturated heterocycles. The van der Waals surface area contributed by atoms with Gasteiger partial charge in [-0.1, -0.05) is 23.7 Å². The molecule has 0 aromatic heterocycles. The molecule has 0 aliphatic heterocycles. The summed E-state index contributed by atoms with van der Waals surface area (Å²) in [5, 5.41) is 13.3. The Morgan fingerprint density at radius 3 is 2.32 bits per heavy atom. The third-order valence-electron chi connectivity index (χ3n) is 4.47. The van der Waals surface area contributed by atoms with Crippen molar-refractivity contribution in [3.63, 3.8) is 0 Å². The summed E-state index contributed by atoms with van der Waals surface area (Å²) in [6.45, 7) is 0. The summed E-state index contributed by atoms with van der Waals surface area (Å²) in [7, 11) is 0. The molecule has 0 bridgehead atoms. The molecule has 1 fully saturated rings. The van der Waals surface area contributed by atoms with E-state index in [-0.39, 0.29) is 18.1 Å². The molecule has 0 atom stereocenters. The number of benzene rings is 2. The molecule has 1 saturated carbocycles. The third kappa shape index (κ3) is 5.50. The van der Waals surface area contributed by atoms with Gasteiger partial charge >= 0.3 is 0 Å². The van der Waals surface area contributed by atoms with Gasteiger partial charge in [0.25, 0.3) is 5.91 Å². The Balaban J connectivity index is 1.51. The van der Waals surface area contributed by atoms with Crippen LogP contribution in [0.2, 0.25) is 5.02 Å². The molecule has 0 heterocycles. The zero-order valence-electron chi connectivity index (χ0n) is 14.0. The number of nitrogens with one attached hydrogen (secondary N) is 1. The van der Waals surface area contributed by atoms with Crippen molar-refractivity contribution in [2.45, 2.75) is 48.5 Å². The van der Waals surface area contributed by atoms with E-state index in [9.17, 15) is 9.90 Å². The van der Waals surface area contributed by atoms with Gasteiger partial charge in [-0.3, -0.25) is 4.79 Å². The number of hydrogen-bond acceptors (Lipinski definition) is 3. The molecule has 2 N–H and O–H groups in total. The predicted molar refractivity (Wildman–Crippen MR) is 103 cm³/mol. The van der Waals surface area contributed by atoms with Gasteiger partial charge in [0.1, 0.15) is 0 Å². The molecule has 0 unspecified atom stereocenters. The maximum Gasteiger partial charge on any atom is 0.251 e. The minimum Gasteiger partial charge on any atom is -0.393 e. The van der Waals surface area contributed by atoms with Crippen molar-refractivity contribution in [1.82, 2.24) is 5.32 Å². The van der Waals surface area contributed by atoms with E-state index in [0.29, 0.717) is 5.56 Å². The number of carbonyl (C=O) groups is 1. The minimum absolute atomic E-state index is 0.0294. The number of thioether (sulfide) groups is 1. The zero-order chi connectivity index (χ0) is 17.6. The third-order valence-corrected chi connectivity index (χ3v) is 5.80. The standard InChI is InChI=1S/C20H22ClNO2S/c21-16-5-11-19(12-6-16)25-13-14-1-3-15(4-2-14)20(24)22-17-7-9-18(23)10-8-17/h1-6,11-12,17-18,23H,7-10,13H2,(H,22,24). The predicted octanol–water partition coefficient (Wildman–Crippen LogP) is 4.67. The van der Waals surface area contributed by atoms with Crippen LogP contribution in [-0.4, -0.2) is 23.2 Å². The van der Waals surface area contributed by atoms with Gasteiger partial charge in [0.15, 0.2) is 0 Å². The van der Waals surface area contributed by atoms with Crippen LogP contribution in [0.1, 0.15) is 41.6 Å². The highest BCUT2D eigenvalue weighted by Crippen LogP contribution is 2.24. The highest BCUT2D eigenvalue weighted by atomic mass is 35.5. The van der Waals surface area contributed by atoms with Crippen molar-refractivity contribution in [3.05, 3.63) is 64.7 Å². The Morgan fingerprint density at radius 2 is 1.68 bits per heavy atom. The molecule has 5 heteroatoms. The monoisotopic (exact) mass is 375 g/mol. The van der Waals surface area contributed by atoms with Crippen LogP contribution in [0.4, 0.5) is 0 Å². The lowest BCUT2D eigenvalue weighted by Gasteiger charge is -2.26. The van der Waals surface area contributed by atoms with Crippen molar-refractivity contribution in [2.75, 3.05) is 0 Å². The van der Waals surface area contributed by atoms with E-state index in [4.69, 9.17) is 11.6 Å². The number of carbonyl (C=O) groups excluding carboxylic acids is 1. The molecule has 3 rings (SSSR count). The zero-order valence-corrected chi connectivity index (χ0v) is 15.5. The topological polar surface area (TPSA) is 49.3 Å². The maximum absolute atomic E-state index is 12.3. The van der Waals surface area contributed by atoms with Gasteiger partial charge in [0.2, 0.25) is 0 Å². The smallest absolute Gasteiger partial charge is 0.251 e. The molecule has 25 heavy (non-hydrogen) atoms. The molecular formula is C20H22ClNO2S. The fourth-order valence-electron chi connectivity index (χ4n) is 2.94. The fourth-order valence-corrected chi connectivity index (χ4v) is 3.92. The van der Waals surface area contributed by atoms with Gasteiger partial charge in [-0.25, -0.2) is 0 Å². The Morgan fingerprint density at radius 1 is 1.04 bits per heavy atom. The van der Waals surface area contributed by atoms with Crippen LogP contribution in [0.5, 0.6) is 0 Å². The second kappa shape index (κ2) is 8.75. The van der Waals surface area contributed by atoms with Crippen molar-refractivity contribution < 1.29 is 9.90 Å². The largest absolute Gasteiger partial charge is 0.393 e. The Kier molecular flexibility index (Phi) is 6.40. The summed E-state index contributed by atoms with van der Waals surface area (Å²) < 4.78 is 0. The molecule has 1 aliphatic carbocycles. The molecule has 3 nitrogen and oxygen atoms in total. The SMILES string of the molecule is O=C(NC1CCC(O)CC1)c1ccc(CSc2ccc(Cl)cc2)cc1. The molecule has 0 spiro atoms. The minimum atomic E-state index is -0.203. The highest BCUT2D eigenvalue weighted by Gasteiger charge is 2.21. The first kappa shape index (κ1) is 18.3. The summed E-state index contributed by atoms with van der Waals surface area (Å²) in [6.07, 6.45) is 3.04. The first-order valence-corrected chi connectivity index (χ1v) is 9.93. The quantitative estimate of drug-likeness (QED) is 0.747. The van der Waals surface area contributed by atoms with E-state index in [0.717, 1.165) is 36.5 Å². The molecular weight excluding hydrogens is 354 g/mol. The normalized spacial score (nSPS) is 20.2. The number of halogens is 1. The molecule has 2 aromatic carbocycles. The van der Waals surface area contributed by atoms with E-state index >= 15 is 0 Å². The van der Waals surface area contributed by atoms with Crippen LogP contribution in [0.3, 0.4) is 0 Å². The number of aliphatic hydroxyl groups is 1. The first-order chi connectivity index (χ1) is 12.1. The van der Waals surface area contributed by atoms with Crippen molar-refractivity contribution in [1.29, 1.82) is 0 Å². The summed E-state index contributed by atoms with van der Waals surface area (Å²) >= 11 is 7.64. The average molecular weight is 376 g/mol. The lowest BCUT2D eigenvalue weighted by Crippen LogP contribution is -2.38. The van der Waals surface area contributed by atoms with Crippen molar-refractivity contribution in [2.24, 2.45) is 0 Å². The van der Waals surface area contributed by atoms with Crippen LogP contribution in [0.15, 0.2) is 53.4 Å². The summed E-state index contributed by atoms with van der Waals surface area (Å²) in [6, 6.07) is 15.7.